The van der Waals surface area contributed by atoms with Gasteiger partial charge >= 0.3 is 0 Å². The zero-order valence-electron chi connectivity index (χ0n) is 15.8. The van der Waals surface area contributed by atoms with Gasteiger partial charge in [0.1, 0.15) is 0 Å². The number of anilines is 1. The predicted molar refractivity (Wildman–Crippen MR) is 115 cm³/mol. The number of carbonyl (C=O) groups is 1. The lowest BCUT2D eigenvalue weighted by Gasteiger charge is -2.28. The Morgan fingerprint density at radius 2 is 1.75 bits per heavy atom. The highest BCUT2D eigenvalue weighted by Gasteiger charge is 2.49. The molecule has 2 aromatic carbocycles. The van der Waals surface area contributed by atoms with Crippen LogP contribution in [0.1, 0.15) is 16.7 Å². The van der Waals surface area contributed by atoms with Crippen molar-refractivity contribution >= 4 is 38.4 Å². The SMILES string of the molecule is Cc1cccc(C)c1N1C(=NC(=O)Cc2ccccc2)S[C@H]2CS(=O)(=O)C[C@H]21. The Bertz CT molecular complexity index is 1030. The summed E-state index contributed by atoms with van der Waals surface area (Å²) >= 11 is 1.42. The molecule has 28 heavy (non-hydrogen) atoms. The van der Waals surface area contributed by atoms with Gasteiger partial charge < -0.3 is 4.90 Å². The zero-order chi connectivity index (χ0) is 19.9. The van der Waals surface area contributed by atoms with Gasteiger partial charge in [-0.3, -0.25) is 4.79 Å². The van der Waals surface area contributed by atoms with Gasteiger partial charge in [-0.1, -0.05) is 60.3 Å². The third kappa shape index (κ3) is 3.73. The lowest BCUT2D eigenvalue weighted by molar-refractivity contribution is -0.117. The monoisotopic (exact) mass is 414 g/mol. The van der Waals surface area contributed by atoms with Crippen LogP contribution in [0.4, 0.5) is 5.69 Å². The molecule has 0 aliphatic carbocycles. The number of aryl methyl sites for hydroxylation is 2. The summed E-state index contributed by atoms with van der Waals surface area (Å²) in [6.07, 6.45) is 0.235. The summed E-state index contributed by atoms with van der Waals surface area (Å²) in [5.74, 6) is 0.0211. The van der Waals surface area contributed by atoms with E-state index < -0.39 is 9.84 Å². The molecule has 0 N–H and O–H groups in total. The quantitative estimate of drug-likeness (QED) is 0.772. The van der Waals surface area contributed by atoms with Crippen molar-refractivity contribution in [1.29, 1.82) is 0 Å². The highest BCUT2D eigenvalue weighted by Crippen LogP contribution is 2.43. The largest absolute Gasteiger partial charge is 0.315 e. The van der Waals surface area contributed by atoms with Crippen LogP contribution in [0.5, 0.6) is 0 Å². The molecule has 2 fully saturated rings. The molecule has 5 nitrogen and oxygen atoms in total. The molecule has 0 saturated carbocycles. The number of rotatable bonds is 3. The molecule has 2 heterocycles. The lowest BCUT2D eigenvalue weighted by Crippen LogP contribution is -2.38. The van der Waals surface area contributed by atoms with Crippen LogP contribution in [0.15, 0.2) is 53.5 Å². The number of para-hydroxylation sites is 1. The molecule has 0 bridgehead atoms. The summed E-state index contributed by atoms with van der Waals surface area (Å²) in [7, 11) is -3.07. The molecule has 2 aliphatic rings. The van der Waals surface area contributed by atoms with Crippen LogP contribution in [-0.4, -0.2) is 42.3 Å². The van der Waals surface area contributed by atoms with Gasteiger partial charge in [0.15, 0.2) is 15.0 Å². The summed E-state index contributed by atoms with van der Waals surface area (Å²) in [5, 5.41) is 0.524. The summed E-state index contributed by atoms with van der Waals surface area (Å²) in [4.78, 5) is 19.0. The molecule has 0 unspecified atom stereocenters. The minimum atomic E-state index is -3.07. The Morgan fingerprint density at radius 3 is 2.43 bits per heavy atom. The summed E-state index contributed by atoms with van der Waals surface area (Å²) in [6, 6.07) is 15.3. The zero-order valence-corrected chi connectivity index (χ0v) is 17.5. The molecule has 1 amide bonds. The molecule has 0 radical (unpaired) electrons. The van der Waals surface area contributed by atoms with Crippen LogP contribution >= 0.6 is 11.8 Å². The first-order valence-corrected chi connectivity index (χ1v) is 11.9. The maximum atomic E-state index is 12.6. The summed E-state index contributed by atoms with van der Waals surface area (Å²) in [6.45, 7) is 4.01. The number of benzene rings is 2. The number of carbonyl (C=O) groups excluding carboxylic acids is 1. The molecule has 146 valence electrons. The number of thioether (sulfide) groups is 1. The molecular weight excluding hydrogens is 392 g/mol. The third-order valence-electron chi connectivity index (χ3n) is 5.17. The average Bonchev–Trinajstić information content (AvgIpc) is 3.07. The van der Waals surface area contributed by atoms with Crippen LogP contribution in [0.25, 0.3) is 0 Å². The molecule has 4 rings (SSSR count). The highest BCUT2D eigenvalue weighted by atomic mass is 32.2. The number of sulfone groups is 1. The minimum Gasteiger partial charge on any atom is -0.315 e. The number of amidine groups is 1. The first-order chi connectivity index (χ1) is 13.3. The van der Waals surface area contributed by atoms with Crippen LogP contribution in [-0.2, 0) is 21.1 Å². The van der Waals surface area contributed by atoms with E-state index in [2.05, 4.69) is 4.99 Å². The first kappa shape index (κ1) is 19.2. The fourth-order valence-corrected chi connectivity index (χ4v) is 7.85. The Labute approximate surface area is 169 Å². The van der Waals surface area contributed by atoms with Gasteiger partial charge in [-0.25, -0.2) is 8.42 Å². The number of fused-ring (bicyclic) bond motifs is 1. The van der Waals surface area contributed by atoms with Crippen LogP contribution in [0.3, 0.4) is 0 Å². The molecule has 2 saturated heterocycles. The molecule has 7 heteroatoms. The normalized spacial score (nSPS) is 24.5. The van der Waals surface area contributed by atoms with Gasteiger partial charge in [0.2, 0.25) is 0 Å². The van der Waals surface area contributed by atoms with E-state index in [1.807, 2.05) is 67.3 Å². The Morgan fingerprint density at radius 1 is 1.07 bits per heavy atom. The standard InChI is InChI=1S/C21H22N2O3S2/c1-14-7-6-8-15(2)20(14)23-17-12-28(25,26)13-18(17)27-21(23)22-19(24)11-16-9-4-3-5-10-16/h3-10,17-18H,11-13H2,1-2H3/t17-,18+/m1/s1. The Kier molecular flexibility index (Phi) is 5.05. The number of hydrogen-bond acceptors (Lipinski definition) is 4. The fourth-order valence-electron chi connectivity index (χ4n) is 3.93. The predicted octanol–water partition coefficient (Wildman–Crippen LogP) is 3.15. The molecule has 0 aromatic heterocycles. The number of amides is 1. The molecule has 2 atom stereocenters. The van der Waals surface area contributed by atoms with Crippen molar-refractivity contribution in [3.63, 3.8) is 0 Å². The van der Waals surface area contributed by atoms with E-state index in [4.69, 9.17) is 0 Å². The van der Waals surface area contributed by atoms with Crippen molar-refractivity contribution < 1.29 is 13.2 Å². The third-order valence-corrected chi connectivity index (χ3v) is 8.38. The van der Waals surface area contributed by atoms with Crippen molar-refractivity contribution in [1.82, 2.24) is 0 Å². The number of nitrogens with zero attached hydrogens (tertiary/aromatic N) is 2. The summed E-state index contributed by atoms with van der Waals surface area (Å²) < 4.78 is 24.4. The molecule has 2 aromatic rings. The Hall–Kier alpha value is -2.12. The average molecular weight is 415 g/mol. The topological polar surface area (TPSA) is 66.8 Å². The van der Waals surface area contributed by atoms with Crippen LogP contribution in [0, 0.1) is 13.8 Å². The van der Waals surface area contributed by atoms with Gasteiger partial charge in [0.25, 0.3) is 5.91 Å². The van der Waals surface area contributed by atoms with E-state index in [-0.39, 0.29) is 35.1 Å². The minimum absolute atomic E-state index is 0.0905. The Balaban J connectivity index is 1.71. The van der Waals surface area contributed by atoms with E-state index in [0.717, 1.165) is 22.4 Å². The van der Waals surface area contributed by atoms with Gasteiger partial charge in [0, 0.05) is 10.9 Å². The van der Waals surface area contributed by atoms with Crippen LogP contribution < -0.4 is 4.90 Å². The second-order valence-electron chi connectivity index (χ2n) is 7.36. The van der Waals surface area contributed by atoms with Crippen molar-refractivity contribution in [2.24, 2.45) is 4.99 Å². The van der Waals surface area contributed by atoms with Gasteiger partial charge in [-0.15, -0.1) is 0 Å². The second kappa shape index (κ2) is 7.37. The molecule has 2 aliphatic heterocycles. The maximum Gasteiger partial charge on any atom is 0.252 e. The lowest BCUT2D eigenvalue weighted by atomic mass is 10.1. The van der Waals surface area contributed by atoms with E-state index in [1.165, 1.54) is 11.8 Å². The second-order valence-corrected chi connectivity index (χ2v) is 10.7. The van der Waals surface area contributed by atoms with Crippen molar-refractivity contribution in [3.8, 4) is 0 Å². The molecular formula is C21H22N2O3S2. The van der Waals surface area contributed by atoms with E-state index >= 15 is 0 Å². The van der Waals surface area contributed by atoms with E-state index in [9.17, 15) is 13.2 Å². The smallest absolute Gasteiger partial charge is 0.252 e. The first-order valence-electron chi connectivity index (χ1n) is 9.22. The van der Waals surface area contributed by atoms with E-state index in [0.29, 0.717) is 5.17 Å². The highest BCUT2D eigenvalue weighted by molar-refractivity contribution is 8.16. The molecule has 0 spiro atoms. The number of aliphatic imine (C=N–C) groups is 1. The van der Waals surface area contributed by atoms with Crippen LogP contribution in [0.2, 0.25) is 0 Å². The summed E-state index contributed by atoms with van der Waals surface area (Å²) in [5.41, 5.74) is 3.98. The van der Waals surface area contributed by atoms with Crippen molar-refractivity contribution in [2.45, 2.75) is 31.6 Å². The van der Waals surface area contributed by atoms with Crippen molar-refractivity contribution in [3.05, 3.63) is 65.2 Å². The van der Waals surface area contributed by atoms with Crippen molar-refractivity contribution in [2.75, 3.05) is 16.4 Å². The van der Waals surface area contributed by atoms with E-state index in [1.54, 1.807) is 0 Å². The van der Waals surface area contributed by atoms with Gasteiger partial charge in [-0.05, 0) is 30.5 Å². The number of hydrogen-bond donors (Lipinski definition) is 0. The van der Waals surface area contributed by atoms with Gasteiger partial charge in [0.05, 0.1) is 24.0 Å². The fraction of sp³-hybridized carbons (Fsp3) is 0.333. The maximum absolute atomic E-state index is 12.6. The van der Waals surface area contributed by atoms with Gasteiger partial charge in [-0.2, -0.15) is 4.99 Å².